The third-order valence-electron chi connectivity index (χ3n) is 7.53. The molecule has 2 aromatic heterocycles. The molecule has 214 valence electrons. The maximum atomic E-state index is 13.5. The Morgan fingerprint density at radius 1 is 1.17 bits per heavy atom. The van der Waals surface area contributed by atoms with Crippen LogP contribution in [-0.4, -0.2) is 19.2 Å². The van der Waals surface area contributed by atoms with E-state index in [1.54, 1.807) is 30.9 Å². The zero-order valence-electron chi connectivity index (χ0n) is 23.8. The first-order valence-electron chi connectivity index (χ1n) is 13.8. The van der Waals surface area contributed by atoms with Crippen LogP contribution in [0.15, 0.2) is 70.3 Å². The van der Waals surface area contributed by atoms with Crippen LogP contribution in [0.3, 0.4) is 0 Å². The number of aliphatic imine (C=N–C) groups is 1. The number of methoxy groups -OCH3 is 1. The lowest BCUT2D eigenvalue weighted by atomic mass is 9.72. The molecular formula is C33H35ClN2O4S. The maximum Gasteiger partial charge on any atom is 0.255 e. The first kappa shape index (κ1) is 29.0. The van der Waals surface area contributed by atoms with Gasteiger partial charge in [-0.2, -0.15) is 0 Å². The minimum absolute atomic E-state index is 0.121. The molecule has 0 spiro atoms. The first-order valence-corrected chi connectivity index (χ1v) is 14.9. The van der Waals surface area contributed by atoms with Crippen LogP contribution in [0.4, 0.5) is 5.00 Å². The van der Waals surface area contributed by atoms with Crippen molar-refractivity contribution in [2.45, 2.75) is 53.2 Å². The van der Waals surface area contributed by atoms with Gasteiger partial charge in [0.2, 0.25) is 0 Å². The molecule has 1 amide bonds. The van der Waals surface area contributed by atoms with E-state index >= 15 is 0 Å². The molecule has 4 aromatic rings. The van der Waals surface area contributed by atoms with E-state index in [9.17, 15) is 4.79 Å². The van der Waals surface area contributed by atoms with Gasteiger partial charge in [-0.25, -0.2) is 4.99 Å². The van der Waals surface area contributed by atoms with E-state index in [-0.39, 0.29) is 11.3 Å². The summed E-state index contributed by atoms with van der Waals surface area (Å²) in [7, 11) is 1.62. The Morgan fingerprint density at radius 3 is 2.68 bits per heavy atom. The molecule has 1 N–H and O–H groups in total. The lowest BCUT2D eigenvalue weighted by Gasteiger charge is -2.33. The summed E-state index contributed by atoms with van der Waals surface area (Å²) < 4.78 is 17.0. The lowest BCUT2D eigenvalue weighted by molar-refractivity contribution is 0.0947. The summed E-state index contributed by atoms with van der Waals surface area (Å²) in [5, 5.41) is 4.44. The number of halogens is 1. The Morgan fingerprint density at radius 2 is 1.98 bits per heavy atom. The van der Waals surface area contributed by atoms with E-state index in [0.717, 1.165) is 41.0 Å². The van der Waals surface area contributed by atoms with E-state index in [4.69, 9.17) is 30.5 Å². The minimum atomic E-state index is -0.121. The Balaban J connectivity index is 1.38. The summed E-state index contributed by atoms with van der Waals surface area (Å²) in [5.74, 6) is 2.40. The molecule has 6 nitrogen and oxygen atoms in total. The van der Waals surface area contributed by atoms with Crippen LogP contribution < -0.4 is 14.8 Å². The normalized spacial score (nSPS) is 15.1. The number of nitrogens with zero attached hydrogens (tertiary/aromatic N) is 1. The number of rotatable bonds is 9. The predicted octanol–water partition coefficient (Wildman–Crippen LogP) is 8.41. The molecule has 2 heterocycles. The molecule has 0 saturated carbocycles. The van der Waals surface area contributed by atoms with Crippen LogP contribution >= 0.6 is 22.9 Å². The smallest absolute Gasteiger partial charge is 0.255 e. The highest BCUT2D eigenvalue weighted by atomic mass is 35.5. The van der Waals surface area contributed by atoms with Crippen LogP contribution in [0.1, 0.15) is 64.9 Å². The molecule has 5 rings (SSSR count). The largest absolute Gasteiger partial charge is 0.493 e. The number of thiophene rings is 1. The third kappa shape index (κ3) is 7.03. The van der Waals surface area contributed by atoms with E-state index < -0.39 is 0 Å². The zero-order chi connectivity index (χ0) is 29.0. The molecule has 0 unspecified atom stereocenters. The van der Waals surface area contributed by atoms with Gasteiger partial charge in [0.05, 0.1) is 25.5 Å². The standard InChI is InChI=1S/C33H35ClN2O4S/c1-33(2,3)23-10-13-26-29(17-23)41-32(30(26)31(37)35-19-25-6-5-15-39-25)36-18-22-9-14-27(28(16-22)38-4)40-20-21-7-11-24(34)12-8-21/h5-9,11-12,14-16,18,23H,10,13,17,19-20H2,1-4H3,(H,35,37)/t23-/m1/s1. The van der Waals surface area contributed by atoms with Gasteiger partial charge in [0.15, 0.2) is 11.5 Å². The van der Waals surface area contributed by atoms with Gasteiger partial charge in [-0.3, -0.25) is 4.79 Å². The number of furan rings is 1. The van der Waals surface area contributed by atoms with Gasteiger partial charge >= 0.3 is 0 Å². The third-order valence-corrected chi connectivity index (χ3v) is 8.94. The van der Waals surface area contributed by atoms with Crippen LogP contribution in [0.25, 0.3) is 0 Å². The quantitative estimate of drug-likeness (QED) is 0.199. The molecule has 1 aliphatic rings. The van der Waals surface area contributed by atoms with Crippen molar-refractivity contribution in [1.82, 2.24) is 5.32 Å². The fraction of sp³-hybridized carbons (Fsp3) is 0.333. The van der Waals surface area contributed by atoms with Crippen molar-refractivity contribution in [1.29, 1.82) is 0 Å². The highest BCUT2D eigenvalue weighted by Gasteiger charge is 2.33. The predicted molar refractivity (Wildman–Crippen MR) is 165 cm³/mol. The number of hydrogen-bond donors (Lipinski definition) is 1. The molecule has 0 aliphatic heterocycles. The molecule has 8 heteroatoms. The molecule has 0 saturated heterocycles. The Labute approximate surface area is 250 Å². The Hall–Kier alpha value is -3.55. The number of carbonyl (C=O) groups excluding carboxylic acids is 1. The number of benzene rings is 2. The van der Waals surface area contributed by atoms with Crippen molar-refractivity contribution in [3.05, 3.63) is 98.8 Å². The molecule has 41 heavy (non-hydrogen) atoms. The van der Waals surface area contributed by atoms with E-state index in [1.165, 1.54) is 4.88 Å². The van der Waals surface area contributed by atoms with Gasteiger partial charge in [0.1, 0.15) is 17.4 Å². The van der Waals surface area contributed by atoms with Crippen molar-refractivity contribution in [2.75, 3.05) is 7.11 Å². The fourth-order valence-corrected chi connectivity index (χ4v) is 6.46. The minimum Gasteiger partial charge on any atom is -0.493 e. The molecular weight excluding hydrogens is 556 g/mol. The van der Waals surface area contributed by atoms with Gasteiger partial charge < -0.3 is 19.2 Å². The lowest BCUT2D eigenvalue weighted by Crippen LogP contribution is -2.28. The molecule has 0 bridgehead atoms. The van der Waals surface area contributed by atoms with Crippen molar-refractivity contribution in [3.8, 4) is 11.5 Å². The average molecular weight is 591 g/mol. The van der Waals surface area contributed by atoms with Crippen LogP contribution in [0.2, 0.25) is 5.02 Å². The molecule has 2 aromatic carbocycles. The Bertz CT molecular complexity index is 1520. The van der Waals surface area contributed by atoms with Crippen molar-refractivity contribution < 1.29 is 18.7 Å². The van der Waals surface area contributed by atoms with Gasteiger partial charge in [-0.1, -0.05) is 44.5 Å². The maximum absolute atomic E-state index is 13.5. The average Bonchev–Trinajstić information content (AvgIpc) is 3.61. The summed E-state index contributed by atoms with van der Waals surface area (Å²) in [4.78, 5) is 19.6. The van der Waals surface area contributed by atoms with Crippen LogP contribution in [0.5, 0.6) is 11.5 Å². The SMILES string of the molecule is COc1cc(C=Nc2sc3c(c2C(=O)NCc2ccco2)CC[C@@H](C(C)(C)C)C3)ccc1OCc1ccc(Cl)cc1. The van der Waals surface area contributed by atoms with E-state index in [0.29, 0.717) is 46.9 Å². The van der Waals surface area contributed by atoms with E-state index in [1.807, 2.05) is 54.6 Å². The summed E-state index contributed by atoms with van der Waals surface area (Å²) in [5.41, 5.74) is 3.87. The number of carbonyl (C=O) groups is 1. The summed E-state index contributed by atoms with van der Waals surface area (Å²) in [6, 6.07) is 16.9. The monoisotopic (exact) mass is 590 g/mol. The van der Waals surface area contributed by atoms with Crippen molar-refractivity contribution in [2.24, 2.45) is 16.3 Å². The number of amides is 1. The first-order chi connectivity index (χ1) is 19.7. The number of hydrogen-bond acceptors (Lipinski definition) is 6. The zero-order valence-corrected chi connectivity index (χ0v) is 25.4. The van der Waals surface area contributed by atoms with Gasteiger partial charge in [-0.05, 0) is 89.8 Å². The second kappa shape index (κ2) is 12.5. The van der Waals surface area contributed by atoms with E-state index in [2.05, 4.69) is 26.1 Å². The van der Waals surface area contributed by atoms with Crippen molar-refractivity contribution >= 4 is 40.1 Å². The Kier molecular flexibility index (Phi) is 8.85. The fourth-order valence-electron chi connectivity index (χ4n) is 5.06. The molecule has 1 aliphatic carbocycles. The summed E-state index contributed by atoms with van der Waals surface area (Å²) >= 11 is 7.61. The molecule has 0 fully saturated rings. The topological polar surface area (TPSA) is 73.1 Å². The second-order valence-electron chi connectivity index (χ2n) is 11.3. The molecule has 0 radical (unpaired) electrons. The highest BCUT2D eigenvalue weighted by Crippen LogP contribution is 2.45. The highest BCUT2D eigenvalue weighted by molar-refractivity contribution is 7.16. The number of ether oxygens (including phenoxy) is 2. The summed E-state index contributed by atoms with van der Waals surface area (Å²) in [6.07, 6.45) is 6.29. The number of fused-ring (bicyclic) bond motifs is 1. The van der Waals surface area contributed by atoms with Crippen molar-refractivity contribution in [3.63, 3.8) is 0 Å². The van der Waals surface area contributed by atoms with Crippen LogP contribution in [-0.2, 0) is 26.0 Å². The number of nitrogens with one attached hydrogen (secondary N) is 1. The van der Waals surface area contributed by atoms with Crippen LogP contribution in [0, 0.1) is 11.3 Å². The van der Waals surface area contributed by atoms with Gasteiger partial charge in [0, 0.05) is 16.1 Å². The molecule has 1 atom stereocenters. The van der Waals surface area contributed by atoms with Gasteiger partial charge in [-0.15, -0.1) is 11.3 Å². The summed E-state index contributed by atoms with van der Waals surface area (Å²) in [6.45, 7) is 7.61. The van der Waals surface area contributed by atoms with Gasteiger partial charge in [0.25, 0.3) is 5.91 Å². The second-order valence-corrected chi connectivity index (χ2v) is 12.9.